The van der Waals surface area contributed by atoms with Crippen LogP contribution in [0.25, 0.3) is 0 Å². The average molecular weight is 263 g/mol. The number of rotatable bonds is 2. The second-order valence-corrected chi connectivity index (χ2v) is 6.63. The minimum Gasteiger partial charge on any atom is -0.486 e. The van der Waals surface area contributed by atoms with Crippen molar-refractivity contribution in [3.8, 4) is 5.75 Å². The Kier molecular flexibility index (Phi) is 3.53. The van der Waals surface area contributed by atoms with Crippen molar-refractivity contribution in [3.05, 3.63) is 29.3 Å². The summed E-state index contributed by atoms with van der Waals surface area (Å²) < 4.78 is 6.38. The van der Waals surface area contributed by atoms with E-state index in [4.69, 9.17) is 4.74 Å². The van der Waals surface area contributed by atoms with Gasteiger partial charge in [-0.15, -0.1) is 0 Å². The van der Waals surface area contributed by atoms with Crippen LogP contribution in [0.15, 0.2) is 18.2 Å². The summed E-state index contributed by atoms with van der Waals surface area (Å²) in [5.41, 5.74) is 2.86. The summed E-state index contributed by atoms with van der Waals surface area (Å²) in [4.78, 5) is 0. The van der Waals surface area contributed by atoms with E-state index in [9.17, 15) is 0 Å². The molecule has 3 rings (SSSR count). The highest BCUT2D eigenvalue weighted by molar-refractivity contribution is 7.99. The zero-order valence-corrected chi connectivity index (χ0v) is 11.8. The maximum Gasteiger partial charge on any atom is 0.124 e. The molecule has 2 heterocycles. The summed E-state index contributed by atoms with van der Waals surface area (Å²) in [5, 5.41) is 3.45. The fourth-order valence-electron chi connectivity index (χ4n) is 2.83. The van der Waals surface area contributed by atoms with Gasteiger partial charge in [0.1, 0.15) is 11.4 Å². The summed E-state index contributed by atoms with van der Waals surface area (Å²) in [7, 11) is 0. The zero-order chi connectivity index (χ0) is 12.4. The van der Waals surface area contributed by atoms with Crippen LogP contribution in [-0.2, 0) is 13.0 Å². The lowest BCUT2D eigenvalue weighted by Crippen LogP contribution is -2.38. The van der Waals surface area contributed by atoms with Gasteiger partial charge in [-0.25, -0.2) is 0 Å². The number of nitrogens with one attached hydrogen (secondary N) is 1. The van der Waals surface area contributed by atoms with Crippen molar-refractivity contribution in [2.24, 2.45) is 0 Å². The number of fused-ring (bicyclic) bond motifs is 1. The van der Waals surface area contributed by atoms with E-state index in [1.54, 1.807) is 0 Å². The Hall–Kier alpha value is -0.670. The van der Waals surface area contributed by atoms with E-state index in [0.29, 0.717) is 0 Å². The molecular weight excluding hydrogens is 242 g/mol. The molecule has 0 bridgehead atoms. The maximum atomic E-state index is 6.38. The molecule has 0 amide bonds. The standard InChI is InChI=1S/C15H21NOS/c1-15(7-3-9-18-11-15)17-14-5-2-4-12-6-8-16-10-13(12)14/h2,4-5,16H,3,6-11H2,1H3. The lowest BCUT2D eigenvalue weighted by molar-refractivity contribution is 0.0990. The Morgan fingerprint density at radius 2 is 2.33 bits per heavy atom. The average Bonchev–Trinajstić information content (AvgIpc) is 2.40. The number of hydrogen-bond donors (Lipinski definition) is 1. The number of benzene rings is 1. The number of thioether (sulfide) groups is 1. The molecule has 0 aromatic heterocycles. The molecule has 2 aliphatic rings. The van der Waals surface area contributed by atoms with Gasteiger partial charge in [-0.1, -0.05) is 12.1 Å². The van der Waals surface area contributed by atoms with Gasteiger partial charge in [0.25, 0.3) is 0 Å². The molecule has 1 atom stereocenters. The first-order valence-electron chi connectivity index (χ1n) is 6.85. The van der Waals surface area contributed by atoms with Gasteiger partial charge < -0.3 is 10.1 Å². The van der Waals surface area contributed by atoms with Gasteiger partial charge in [0, 0.05) is 17.9 Å². The zero-order valence-electron chi connectivity index (χ0n) is 11.0. The Morgan fingerprint density at radius 1 is 1.39 bits per heavy atom. The smallest absolute Gasteiger partial charge is 0.124 e. The molecule has 1 aromatic carbocycles. The predicted molar refractivity (Wildman–Crippen MR) is 77.4 cm³/mol. The minimum atomic E-state index is 0.0233. The number of ether oxygens (including phenoxy) is 1. The highest BCUT2D eigenvalue weighted by Gasteiger charge is 2.30. The SMILES string of the molecule is CC1(Oc2cccc3c2CNCC3)CCCSC1. The van der Waals surface area contributed by atoms with Gasteiger partial charge in [-0.2, -0.15) is 11.8 Å². The summed E-state index contributed by atoms with van der Waals surface area (Å²) >= 11 is 2.02. The van der Waals surface area contributed by atoms with Crippen LogP contribution in [0, 0.1) is 0 Å². The van der Waals surface area contributed by atoms with E-state index < -0.39 is 0 Å². The van der Waals surface area contributed by atoms with Crippen LogP contribution < -0.4 is 10.1 Å². The van der Waals surface area contributed by atoms with Crippen LogP contribution in [0.1, 0.15) is 30.9 Å². The third kappa shape index (κ3) is 2.52. The highest BCUT2D eigenvalue weighted by Crippen LogP contribution is 2.34. The van der Waals surface area contributed by atoms with Crippen molar-refractivity contribution < 1.29 is 4.74 Å². The molecule has 18 heavy (non-hydrogen) atoms. The van der Waals surface area contributed by atoms with Crippen molar-refractivity contribution >= 4 is 11.8 Å². The quantitative estimate of drug-likeness (QED) is 0.886. The fraction of sp³-hybridized carbons (Fsp3) is 0.600. The van der Waals surface area contributed by atoms with Crippen LogP contribution in [0.3, 0.4) is 0 Å². The maximum absolute atomic E-state index is 6.38. The van der Waals surface area contributed by atoms with Gasteiger partial charge in [0.05, 0.1) is 0 Å². The third-order valence-corrected chi connectivity index (χ3v) is 5.25. The molecule has 1 unspecified atom stereocenters. The van der Waals surface area contributed by atoms with Crippen LogP contribution >= 0.6 is 11.8 Å². The molecule has 0 spiro atoms. The van der Waals surface area contributed by atoms with E-state index in [2.05, 4.69) is 30.4 Å². The predicted octanol–water partition coefficient (Wildman–Crippen LogP) is 3.00. The molecule has 1 saturated heterocycles. The fourth-order valence-corrected chi connectivity index (χ4v) is 3.96. The van der Waals surface area contributed by atoms with Crippen LogP contribution in [0.4, 0.5) is 0 Å². The monoisotopic (exact) mass is 263 g/mol. The van der Waals surface area contributed by atoms with Crippen molar-refractivity contribution in [2.75, 3.05) is 18.1 Å². The van der Waals surface area contributed by atoms with Gasteiger partial charge >= 0.3 is 0 Å². The topological polar surface area (TPSA) is 21.3 Å². The Labute approximate surface area is 113 Å². The van der Waals surface area contributed by atoms with E-state index in [0.717, 1.165) is 31.0 Å². The molecule has 2 aliphatic heterocycles. The third-order valence-electron chi connectivity index (χ3n) is 3.86. The lowest BCUT2D eigenvalue weighted by Gasteiger charge is -2.35. The first kappa shape index (κ1) is 12.4. The van der Waals surface area contributed by atoms with Crippen LogP contribution in [0.5, 0.6) is 5.75 Å². The molecule has 1 N–H and O–H groups in total. The molecule has 1 aromatic rings. The van der Waals surface area contributed by atoms with E-state index in [-0.39, 0.29) is 5.60 Å². The van der Waals surface area contributed by atoms with Crippen molar-refractivity contribution in [3.63, 3.8) is 0 Å². The van der Waals surface area contributed by atoms with Crippen LogP contribution in [-0.4, -0.2) is 23.7 Å². The molecular formula is C15H21NOS. The molecule has 3 heteroatoms. The Morgan fingerprint density at radius 3 is 3.17 bits per heavy atom. The Bertz CT molecular complexity index is 427. The first-order chi connectivity index (χ1) is 8.77. The molecule has 98 valence electrons. The first-order valence-corrected chi connectivity index (χ1v) is 8.01. The highest BCUT2D eigenvalue weighted by atomic mass is 32.2. The Balaban J connectivity index is 1.83. The largest absolute Gasteiger partial charge is 0.486 e. The van der Waals surface area contributed by atoms with E-state index >= 15 is 0 Å². The van der Waals surface area contributed by atoms with Gasteiger partial charge in [-0.3, -0.25) is 0 Å². The van der Waals surface area contributed by atoms with Crippen molar-refractivity contribution in [2.45, 2.75) is 38.3 Å². The van der Waals surface area contributed by atoms with E-state index in [1.165, 1.54) is 29.7 Å². The summed E-state index contributed by atoms with van der Waals surface area (Å²) in [6.07, 6.45) is 3.57. The second-order valence-electron chi connectivity index (χ2n) is 5.53. The molecule has 2 nitrogen and oxygen atoms in total. The second kappa shape index (κ2) is 5.14. The summed E-state index contributed by atoms with van der Waals surface area (Å²) in [6, 6.07) is 6.51. The normalized spacial score (nSPS) is 27.6. The minimum absolute atomic E-state index is 0.0233. The van der Waals surface area contributed by atoms with Gasteiger partial charge in [0.2, 0.25) is 0 Å². The molecule has 0 saturated carbocycles. The van der Waals surface area contributed by atoms with Crippen molar-refractivity contribution in [1.29, 1.82) is 0 Å². The summed E-state index contributed by atoms with van der Waals surface area (Å²) in [6.45, 7) is 4.30. The summed E-state index contributed by atoms with van der Waals surface area (Å²) in [5.74, 6) is 3.50. The number of hydrogen-bond acceptors (Lipinski definition) is 3. The van der Waals surface area contributed by atoms with Crippen LogP contribution in [0.2, 0.25) is 0 Å². The van der Waals surface area contributed by atoms with Gasteiger partial charge in [-0.05, 0) is 50.1 Å². The molecule has 0 radical (unpaired) electrons. The molecule has 0 aliphatic carbocycles. The van der Waals surface area contributed by atoms with Gasteiger partial charge in [0.15, 0.2) is 0 Å². The van der Waals surface area contributed by atoms with E-state index in [1.807, 2.05) is 11.8 Å². The van der Waals surface area contributed by atoms with Crippen molar-refractivity contribution in [1.82, 2.24) is 5.32 Å². The molecule has 1 fully saturated rings. The lowest BCUT2D eigenvalue weighted by atomic mass is 9.98.